The van der Waals surface area contributed by atoms with E-state index in [0.29, 0.717) is 35.3 Å². The molecule has 2 N–H and O–H groups in total. The highest BCUT2D eigenvalue weighted by Gasteiger charge is 2.15. The summed E-state index contributed by atoms with van der Waals surface area (Å²) in [6.07, 6.45) is 0. The second kappa shape index (κ2) is 8.92. The van der Waals surface area contributed by atoms with Crippen LogP contribution >= 0.6 is 11.6 Å². The lowest BCUT2D eigenvalue weighted by Gasteiger charge is -2.17. The monoisotopic (exact) mass is 377 g/mol. The van der Waals surface area contributed by atoms with Crippen LogP contribution in [-0.4, -0.2) is 33.7 Å². The summed E-state index contributed by atoms with van der Waals surface area (Å²) < 4.78 is 10.7. The number of hydrogen-bond acceptors (Lipinski definition) is 3. The minimum absolute atomic E-state index is 0.0774. The molecule has 0 spiro atoms. The van der Waals surface area contributed by atoms with Crippen LogP contribution in [0.25, 0.3) is 0 Å². The molecule has 6 heteroatoms. The van der Waals surface area contributed by atoms with Crippen molar-refractivity contribution in [1.29, 1.82) is 0 Å². The van der Waals surface area contributed by atoms with Crippen LogP contribution in [0, 0.1) is 13.8 Å². The number of ether oxygens (including phenoxy) is 2. The van der Waals surface area contributed by atoms with Crippen molar-refractivity contribution in [3.8, 4) is 11.5 Å². The van der Waals surface area contributed by atoms with Crippen molar-refractivity contribution in [3.05, 3.63) is 52.0 Å². The Labute approximate surface area is 159 Å². The first-order valence-corrected chi connectivity index (χ1v) is 8.80. The number of benzene rings is 2. The summed E-state index contributed by atoms with van der Waals surface area (Å²) in [7, 11) is 5.22. The summed E-state index contributed by atoms with van der Waals surface area (Å²) in [4.78, 5) is 13.4. The molecule has 1 amide bonds. The second-order valence-electron chi connectivity index (χ2n) is 6.48. The van der Waals surface area contributed by atoms with E-state index in [1.165, 1.54) is 0 Å². The molecule has 1 unspecified atom stereocenters. The number of carbonyl (C=O) groups excluding carboxylic acids is 1. The lowest BCUT2D eigenvalue weighted by atomic mass is 10.1. The van der Waals surface area contributed by atoms with Crippen LogP contribution < -0.4 is 19.7 Å². The molecule has 2 aromatic rings. The van der Waals surface area contributed by atoms with Gasteiger partial charge in [-0.15, -0.1) is 0 Å². The number of aryl methyl sites for hydroxylation is 2. The van der Waals surface area contributed by atoms with Gasteiger partial charge in [0.2, 0.25) is 0 Å². The third kappa shape index (κ3) is 5.13. The summed E-state index contributed by atoms with van der Waals surface area (Å²) in [6, 6.07) is 9.50. The van der Waals surface area contributed by atoms with E-state index in [9.17, 15) is 4.79 Å². The molecule has 0 aliphatic heterocycles. The number of halogens is 1. The smallest absolute Gasteiger partial charge is 0.279 e. The Balaban J connectivity index is 2.01. The molecule has 0 fully saturated rings. The maximum atomic E-state index is 12.3. The molecule has 1 atom stereocenters. The number of carbonyl (C=O) groups is 1. The summed E-state index contributed by atoms with van der Waals surface area (Å²) in [5.41, 5.74) is 3.90. The van der Waals surface area contributed by atoms with E-state index < -0.39 is 0 Å². The van der Waals surface area contributed by atoms with Gasteiger partial charge in [0.05, 0.1) is 32.0 Å². The SMILES string of the molecule is COc1cc(C)c(C[NH+](C)CC(=O)Nc2ccc(C)cc2Cl)cc1OC. The average molecular weight is 378 g/mol. The molecule has 0 saturated heterocycles. The third-order valence-electron chi connectivity index (χ3n) is 4.20. The van der Waals surface area contributed by atoms with Gasteiger partial charge in [0.25, 0.3) is 5.91 Å². The van der Waals surface area contributed by atoms with Gasteiger partial charge >= 0.3 is 0 Å². The Hall–Kier alpha value is -2.24. The molecule has 140 valence electrons. The number of quaternary nitrogens is 1. The van der Waals surface area contributed by atoms with Crippen LogP contribution in [-0.2, 0) is 11.3 Å². The van der Waals surface area contributed by atoms with Gasteiger partial charge in [0, 0.05) is 5.56 Å². The first-order valence-electron chi connectivity index (χ1n) is 8.42. The van der Waals surface area contributed by atoms with E-state index in [-0.39, 0.29) is 5.91 Å². The van der Waals surface area contributed by atoms with Crippen LogP contribution in [0.4, 0.5) is 5.69 Å². The third-order valence-corrected chi connectivity index (χ3v) is 4.51. The minimum Gasteiger partial charge on any atom is -0.493 e. The highest BCUT2D eigenvalue weighted by molar-refractivity contribution is 6.33. The predicted octanol–water partition coefficient (Wildman–Crippen LogP) is 2.63. The van der Waals surface area contributed by atoms with Crippen molar-refractivity contribution < 1.29 is 19.2 Å². The van der Waals surface area contributed by atoms with Crippen LogP contribution in [0.3, 0.4) is 0 Å². The molecular weight excluding hydrogens is 352 g/mol. The average Bonchev–Trinajstić information content (AvgIpc) is 2.58. The quantitative estimate of drug-likeness (QED) is 0.780. The normalized spacial score (nSPS) is 11.8. The van der Waals surface area contributed by atoms with E-state index in [0.717, 1.165) is 21.6 Å². The highest BCUT2D eigenvalue weighted by Crippen LogP contribution is 2.29. The van der Waals surface area contributed by atoms with Gasteiger partial charge in [-0.2, -0.15) is 0 Å². The number of amides is 1. The van der Waals surface area contributed by atoms with E-state index in [1.54, 1.807) is 14.2 Å². The largest absolute Gasteiger partial charge is 0.493 e. The Bertz CT molecular complexity index is 793. The molecule has 0 heterocycles. The van der Waals surface area contributed by atoms with Crippen LogP contribution in [0.5, 0.6) is 11.5 Å². The van der Waals surface area contributed by atoms with Crippen LogP contribution in [0.2, 0.25) is 5.02 Å². The summed E-state index contributed by atoms with van der Waals surface area (Å²) in [5, 5.41) is 3.42. The van der Waals surface area contributed by atoms with Crippen molar-refractivity contribution in [2.24, 2.45) is 0 Å². The van der Waals surface area contributed by atoms with Gasteiger partial charge in [-0.25, -0.2) is 0 Å². The minimum atomic E-state index is -0.0774. The first-order chi connectivity index (χ1) is 12.3. The Morgan fingerprint density at radius 3 is 2.38 bits per heavy atom. The molecule has 2 rings (SSSR count). The van der Waals surface area contributed by atoms with Crippen molar-refractivity contribution in [1.82, 2.24) is 0 Å². The zero-order valence-corrected chi connectivity index (χ0v) is 16.7. The number of methoxy groups -OCH3 is 2. The van der Waals surface area contributed by atoms with Gasteiger partial charge in [0.15, 0.2) is 18.0 Å². The van der Waals surface area contributed by atoms with Gasteiger partial charge in [-0.1, -0.05) is 17.7 Å². The highest BCUT2D eigenvalue weighted by atomic mass is 35.5. The lowest BCUT2D eigenvalue weighted by molar-refractivity contribution is -0.885. The Kier molecular flexibility index (Phi) is 6.89. The fraction of sp³-hybridized carbons (Fsp3) is 0.350. The topological polar surface area (TPSA) is 52.0 Å². The fourth-order valence-electron chi connectivity index (χ4n) is 2.79. The fourth-order valence-corrected chi connectivity index (χ4v) is 3.07. The van der Waals surface area contributed by atoms with Gasteiger partial charge in [-0.05, 0) is 49.2 Å². The van der Waals surface area contributed by atoms with E-state index in [4.69, 9.17) is 21.1 Å². The Morgan fingerprint density at radius 1 is 1.12 bits per heavy atom. The summed E-state index contributed by atoms with van der Waals surface area (Å²) in [5.74, 6) is 1.32. The molecular formula is C20H26ClN2O3+. The van der Waals surface area contributed by atoms with E-state index in [1.807, 2.05) is 51.2 Å². The Morgan fingerprint density at radius 2 is 1.77 bits per heavy atom. The molecule has 2 aromatic carbocycles. The van der Waals surface area contributed by atoms with Crippen molar-refractivity contribution in [2.75, 3.05) is 33.1 Å². The molecule has 0 aliphatic carbocycles. The maximum absolute atomic E-state index is 12.3. The predicted molar refractivity (Wildman–Crippen MR) is 105 cm³/mol. The van der Waals surface area contributed by atoms with Gasteiger partial charge < -0.3 is 19.7 Å². The van der Waals surface area contributed by atoms with Crippen molar-refractivity contribution in [3.63, 3.8) is 0 Å². The number of rotatable bonds is 7. The number of anilines is 1. The second-order valence-corrected chi connectivity index (χ2v) is 6.88. The molecule has 0 aliphatic rings. The molecule has 0 radical (unpaired) electrons. The van der Waals surface area contributed by atoms with Crippen molar-refractivity contribution >= 4 is 23.2 Å². The number of likely N-dealkylation sites (N-methyl/N-ethyl adjacent to an activating group) is 1. The van der Waals surface area contributed by atoms with Crippen LogP contribution in [0.15, 0.2) is 30.3 Å². The summed E-state index contributed by atoms with van der Waals surface area (Å²) in [6.45, 7) is 5.01. The standard InChI is InChI=1S/C20H25ClN2O3/c1-13-6-7-17(16(21)8-13)22-20(24)12-23(3)11-15-10-19(26-5)18(25-4)9-14(15)2/h6-10H,11-12H2,1-5H3,(H,22,24)/p+1. The number of nitrogens with one attached hydrogen (secondary N) is 2. The zero-order chi connectivity index (χ0) is 19.3. The van der Waals surface area contributed by atoms with E-state index in [2.05, 4.69) is 5.32 Å². The maximum Gasteiger partial charge on any atom is 0.279 e. The first kappa shape index (κ1) is 20.1. The summed E-state index contributed by atoms with van der Waals surface area (Å²) >= 11 is 6.18. The molecule has 0 saturated carbocycles. The van der Waals surface area contributed by atoms with Crippen LogP contribution in [0.1, 0.15) is 16.7 Å². The molecule has 5 nitrogen and oxygen atoms in total. The van der Waals surface area contributed by atoms with Gasteiger partial charge in [-0.3, -0.25) is 4.79 Å². The van der Waals surface area contributed by atoms with E-state index >= 15 is 0 Å². The van der Waals surface area contributed by atoms with Gasteiger partial charge in [0.1, 0.15) is 6.54 Å². The molecule has 0 bridgehead atoms. The zero-order valence-electron chi connectivity index (χ0n) is 15.9. The molecule has 0 aromatic heterocycles. The lowest BCUT2D eigenvalue weighted by Crippen LogP contribution is -3.08. The van der Waals surface area contributed by atoms with Crippen molar-refractivity contribution in [2.45, 2.75) is 20.4 Å². The number of hydrogen-bond donors (Lipinski definition) is 2. The molecule has 26 heavy (non-hydrogen) atoms.